The number of hydrogen-bond acceptors (Lipinski definition) is 2. The van der Waals surface area contributed by atoms with Crippen molar-refractivity contribution < 1.29 is 14.2 Å². The van der Waals surface area contributed by atoms with Crippen LogP contribution in [0.3, 0.4) is 0 Å². The van der Waals surface area contributed by atoms with Gasteiger partial charge in [0.15, 0.2) is 0 Å². The van der Waals surface area contributed by atoms with Crippen molar-refractivity contribution >= 4 is 5.57 Å². The molecule has 0 saturated heterocycles. The van der Waals surface area contributed by atoms with E-state index in [9.17, 15) is 9.50 Å². The number of hydrogen-bond donors (Lipinski definition) is 1. The predicted octanol–water partition coefficient (Wildman–Crippen LogP) is 4.50. The van der Waals surface area contributed by atoms with Crippen LogP contribution in [-0.4, -0.2) is 23.9 Å². The Labute approximate surface area is 127 Å². The summed E-state index contributed by atoms with van der Waals surface area (Å²) >= 11 is 0. The van der Waals surface area contributed by atoms with Gasteiger partial charge in [-0.3, -0.25) is 0 Å². The molecule has 0 radical (unpaired) electrons. The molecule has 1 aromatic rings. The number of ether oxygens (including phenoxy) is 1. The first-order valence-corrected chi connectivity index (χ1v) is 7.61. The number of aryl methyl sites for hydroxylation is 1. The van der Waals surface area contributed by atoms with Crippen LogP contribution in [0.5, 0.6) is 0 Å². The van der Waals surface area contributed by atoms with E-state index in [-0.39, 0.29) is 12.4 Å². The summed E-state index contributed by atoms with van der Waals surface area (Å²) in [4.78, 5) is 0. The second-order valence-electron chi connectivity index (χ2n) is 5.46. The third kappa shape index (κ3) is 3.92. The smallest absolute Gasteiger partial charge is 0.123 e. The van der Waals surface area contributed by atoms with E-state index in [0.29, 0.717) is 13.0 Å². The van der Waals surface area contributed by atoms with E-state index < -0.39 is 5.60 Å². The monoisotopic (exact) mass is 294 g/mol. The summed E-state index contributed by atoms with van der Waals surface area (Å²) in [5.74, 6) is -0.233. The second-order valence-corrected chi connectivity index (χ2v) is 5.46. The Balaban J connectivity index is 3.38. The molecule has 118 valence electrons. The van der Waals surface area contributed by atoms with Gasteiger partial charge in [-0.1, -0.05) is 13.0 Å². The van der Waals surface area contributed by atoms with Crippen LogP contribution in [0.2, 0.25) is 0 Å². The van der Waals surface area contributed by atoms with Gasteiger partial charge in [-0.05, 0) is 68.5 Å². The molecule has 2 nitrogen and oxygen atoms in total. The Hall–Kier alpha value is -1.19. The van der Waals surface area contributed by atoms with Gasteiger partial charge in [-0.15, -0.1) is 0 Å². The van der Waals surface area contributed by atoms with E-state index in [2.05, 4.69) is 6.92 Å². The summed E-state index contributed by atoms with van der Waals surface area (Å²) < 4.78 is 19.5. The predicted molar refractivity (Wildman–Crippen MR) is 85.8 cm³/mol. The van der Waals surface area contributed by atoms with Gasteiger partial charge >= 0.3 is 0 Å². The molecule has 0 bridgehead atoms. The molecule has 1 N–H and O–H groups in total. The molecule has 0 fully saturated rings. The minimum Gasteiger partial charge on any atom is -0.396 e. The first-order valence-electron chi connectivity index (χ1n) is 7.61. The van der Waals surface area contributed by atoms with E-state index in [1.165, 1.54) is 6.07 Å². The van der Waals surface area contributed by atoms with E-state index in [0.717, 1.165) is 28.7 Å². The number of benzene rings is 1. The van der Waals surface area contributed by atoms with Crippen molar-refractivity contribution in [1.29, 1.82) is 0 Å². The van der Waals surface area contributed by atoms with E-state index >= 15 is 0 Å². The molecule has 0 aliphatic rings. The lowest BCUT2D eigenvalue weighted by molar-refractivity contribution is -0.0283. The van der Waals surface area contributed by atoms with Crippen LogP contribution in [-0.2, 0) is 4.74 Å². The standard InChI is InChI=1S/C18H27FO2/c1-6-18(10-11-20,21-7-2)15(5)14(4)17-12-16(19)9-8-13(17)3/h8-9,12,20H,6-7,10-11H2,1-5H3/b15-14+. The van der Waals surface area contributed by atoms with Crippen LogP contribution in [0.15, 0.2) is 23.8 Å². The Morgan fingerprint density at radius 1 is 1.29 bits per heavy atom. The summed E-state index contributed by atoms with van der Waals surface area (Å²) in [6, 6.07) is 4.84. The average Bonchev–Trinajstić information content (AvgIpc) is 2.48. The fraction of sp³-hybridized carbons (Fsp3) is 0.556. The Morgan fingerprint density at radius 2 is 1.95 bits per heavy atom. The minimum absolute atomic E-state index is 0.0700. The van der Waals surface area contributed by atoms with Crippen LogP contribution >= 0.6 is 0 Å². The summed E-state index contributed by atoms with van der Waals surface area (Å²) in [7, 11) is 0. The maximum Gasteiger partial charge on any atom is 0.123 e. The maximum atomic E-state index is 13.6. The van der Waals surface area contributed by atoms with Gasteiger partial charge < -0.3 is 9.84 Å². The number of aliphatic hydroxyl groups is 1. The fourth-order valence-electron chi connectivity index (χ4n) is 2.91. The van der Waals surface area contributed by atoms with Crippen LogP contribution in [0.1, 0.15) is 51.7 Å². The lowest BCUT2D eigenvalue weighted by atomic mass is 9.83. The average molecular weight is 294 g/mol. The van der Waals surface area contributed by atoms with Gasteiger partial charge in [-0.2, -0.15) is 0 Å². The number of halogens is 1. The lowest BCUT2D eigenvalue weighted by Crippen LogP contribution is -2.35. The van der Waals surface area contributed by atoms with Crippen LogP contribution < -0.4 is 0 Å². The molecular weight excluding hydrogens is 267 g/mol. The summed E-state index contributed by atoms with van der Waals surface area (Å²) in [5, 5.41) is 9.40. The number of rotatable bonds is 7. The normalized spacial score (nSPS) is 15.6. The Kier molecular flexibility index (Phi) is 6.56. The Bertz CT molecular complexity index is 500. The molecule has 0 aromatic heterocycles. The summed E-state index contributed by atoms with van der Waals surface area (Å²) in [6.45, 7) is 10.7. The summed E-state index contributed by atoms with van der Waals surface area (Å²) in [6.07, 6.45) is 1.33. The SMILES string of the molecule is CCOC(CC)(CCO)/C(C)=C(\C)c1cc(F)ccc1C. The van der Waals surface area contributed by atoms with Crippen molar-refractivity contribution in [3.8, 4) is 0 Å². The Morgan fingerprint density at radius 3 is 2.48 bits per heavy atom. The highest BCUT2D eigenvalue weighted by Crippen LogP contribution is 2.35. The molecule has 0 saturated carbocycles. The molecule has 0 aliphatic carbocycles. The van der Waals surface area contributed by atoms with Crippen molar-refractivity contribution in [2.45, 2.75) is 53.1 Å². The largest absolute Gasteiger partial charge is 0.396 e. The van der Waals surface area contributed by atoms with Gasteiger partial charge in [0.1, 0.15) is 5.82 Å². The van der Waals surface area contributed by atoms with E-state index in [4.69, 9.17) is 4.74 Å². The van der Waals surface area contributed by atoms with Crippen LogP contribution in [0.4, 0.5) is 4.39 Å². The zero-order valence-corrected chi connectivity index (χ0v) is 13.8. The van der Waals surface area contributed by atoms with Crippen LogP contribution in [0, 0.1) is 12.7 Å². The highest BCUT2D eigenvalue weighted by molar-refractivity contribution is 5.70. The lowest BCUT2D eigenvalue weighted by Gasteiger charge is -2.35. The quantitative estimate of drug-likeness (QED) is 0.802. The molecule has 1 unspecified atom stereocenters. The van der Waals surface area contributed by atoms with Crippen molar-refractivity contribution in [3.63, 3.8) is 0 Å². The van der Waals surface area contributed by atoms with Crippen molar-refractivity contribution in [2.75, 3.05) is 13.2 Å². The number of allylic oxidation sites excluding steroid dienone is 1. The molecular formula is C18H27FO2. The number of aliphatic hydroxyl groups excluding tert-OH is 1. The highest BCUT2D eigenvalue weighted by Gasteiger charge is 2.31. The third-order valence-electron chi connectivity index (χ3n) is 4.36. The molecule has 3 heteroatoms. The molecule has 0 spiro atoms. The van der Waals surface area contributed by atoms with Crippen LogP contribution in [0.25, 0.3) is 5.57 Å². The molecule has 1 aromatic carbocycles. The van der Waals surface area contributed by atoms with Gasteiger partial charge in [0, 0.05) is 19.6 Å². The van der Waals surface area contributed by atoms with E-state index in [1.54, 1.807) is 12.1 Å². The first kappa shape index (κ1) is 17.9. The van der Waals surface area contributed by atoms with Crippen molar-refractivity contribution in [3.05, 3.63) is 40.7 Å². The summed E-state index contributed by atoms with van der Waals surface area (Å²) in [5.41, 5.74) is 3.55. The van der Waals surface area contributed by atoms with Gasteiger partial charge in [-0.25, -0.2) is 4.39 Å². The third-order valence-corrected chi connectivity index (χ3v) is 4.36. The molecule has 1 atom stereocenters. The topological polar surface area (TPSA) is 29.5 Å². The zero-order chi connectivity index (χ0) is 16.0. The molecule has 0 heterocycles. The molecule has 0 aliphatic heterocycles. The minimum atomic E-state index is -0.480. The highest BCUT2D eigenvalue weighted by atomic mass is 19.1. The molecule has 1 rings (SSSR count). The van der Waals surface area contributed by atoms with Gasteiger partial charge in [0.25, 0.3) is 0 Å². The van der Waals surface area contributed by atoms with Crippen molar-refractivity contribution in [2.24, 2.45) is 0 Å². The van der Waals surface area contributed by atoms with Gasteiger partial charge in [0.2, 0.25) is 0 Å². The second kappa shape index (κ2) is 7.71. The fourth-order valence-corrected chi connectivity index (χ4v) is 2.91. The molecule has 0 amide bonds. The van der Waals surface area contributed by atoms with Crippen molar-refractivity contribution in [1.82, 2.24) is 0 Å². The first-order chi connectivity index (χ1) is 9.91. The zero-order valence-electron chi connectivity index (χ0n) is 13.8. The van der Waals surface area contributed by atoms with Gasteiger partial charge in [0.05, 0.1) is 5.60 Å². The maximum absolute atomic E-state index is 13.6. The van der Waals surface area contributed by atoms with E-state index in [1.807, 2.05) is 27.7 Å². The molecule has 21 heavy (non-hydrogen) atoms.